The quantitative estimate of drug-likeness (QED) is 0.484. The number of furan rings is 1. The van der Waals surface area contributed by atoms with Crippen LogP contribution in [0.5, 0.6) is 0 Å². The van der Waals surface area contributed by atoms with E-state index >= 15 is 0 Å². The van der Waals surface area contributed by atoms with Gasteiger partial charge in [0.05, 0.1) is 29.7 Å². The number of hydrogen-bond acceptors (Lipinski definition) is 5. The summed E-state index contributed by atoms with van der Waals surface area (Å²) in [7, 11) is 0. The van der Waals surface area contributed by atoms with Crippen LogP contribution >= 0.6 is 0 Å². The van der Waals surface area contributed by atoms with Crippen LogP contribution in [0.4, 0.5) is 35.9 Å². The number of alkyl halides is 3. The van der Waals surface area contributed by atoms with Gasteiger partial charge in [-0.25, -0.2) is 0 Å². The fourth-order valence-electron chi connectivity index (χ4n) is 3.83. The molecular formula is C24H21F3N4O4. The maximum atomic E-state index is 13.8. The van der Waals surface area contributed by atoms with Gasteiger partial charge in [-0.3, -0.25) is 14.4 Å². The summed E-state index contributed by atoms with van der Waals surface area (Å²) in [6.07, 6.45) is -3.44. The van der Waals surface area contributed by atoms with Crippen molar-refractivity contribution < 1.29 is 32.0 Å². The number of benzene rings is 2. The van der Waals surface area contributed by atoms with Crippen molar-refractivity contribution in [1.29, 1.82) is 0 Å². The smallest absolute Gasteiger partial charge is 0.418 e. The lowest BCUT2D eigenvalue weighted by atomic mass is 10.1. The summed E-state index contributed by atoms with van der Waals surface area (Å²) in [4.78, 5) is 38.7. The molecule has 0 spiro atoms. The maximum absolute atomic E-state index is 13.8. The molecular weight excluding hydrogens is 465 g/mol. The molecule has 0 radical (unpaired) electrons. The highest BCUT2D eigenvalue weighted by molar-refractivity contribution is 6.05. The van der Waals surface area contributed by atoms with E-state index < -0.39 is 36.1 Å². The summed E-state index contributed by atoms with van der Waals surface area (Å²) in [5.41, 5.74) is -0.557. The summed E-state index contributed by atoms with van der Waals surface area (Å²) >= 11 is 0. The lowest BCUT2D eigenvalue weighted by Gasteiger charge is -2.28. The summed E-state index contributed by atoms with van der Waals surface area (Å²) in [6, 6.07) is 12.3. The van der Waals surface area contributed by atoms with Crippen LogP contribution in [0, 0.1) is 0 Å². The van der Waals surface area contributed by atoms with Crippen LogP contribution in [0.25, 0.3) is 0 Å². The number of fused-ring (bicyclic) bond motifs is 1. The standard InChI is InChI=1S/C24H21F3N4O4/c1-14-11-21(32)30-18-5-2-3-6-19(18)31(14)22(33)13-28-17-9-8-15(12-16(17)24(25,26)27)29-23(34)20-7-4-10-35-20/h2-10,12,14,28H,11,13H2,1H3,(H,29,34)(H,30,32). The highest BCUT2D eigenvalue weighted by atomic mass is 19.4. The molecule has 3 N–H and O–H groups in total. The lowest BCUT2D eigenvalue weighted by molar-refractivity contribution is -0.137. The second-order valence-corrected chi connectivity index (χ2v) is 7.93. The van der Waals surface area contributed by atoms with E-state index in [9.17, 15) is 27.6 Å². The van der Waals surface area contributed by atoms with Crippen LogP contribution in [0.2, 0.25) is 0 Å². The number of hydrogen-bond donors (Lipinski definition) is 3. The minimum atomic E-state index is -4.75. The predicted octanol–water partition coefficient (Wildman–Crippen LogP) is 4.73. The molecule has 1 aliphatic heterocycles. The highest BCUT2D eigenvalue weighted by Gasteiger charge is 2.35. The number of anilines is 4. The molecule has 4 rings (SSSR count). The molecule has 0 fully saturated rings. The van der Waals surface area contributed by atoms with E-state index in [-0.39, 0.29) is 29.5 Å². The minimum absolute atomic E-state index is 0.0400. The van der Waals surface area contributed by atoms with Crippen molar-refractivity contribution in [3.05, 3.63) is 72.2 Å². The number of rotatable bonds is 5. The fourth-order valence-corrected chi connectivity index (χ4v) is 3.83. The van der Waals surface area contributed by atoms with Crippen molar-refractivity contribution in [3.8, 4) is 0 Å². The molecule has 0 saturated heterocycles. The summed E-state index contributed by atoms with van der Waals surface area (Å²) in [6.45, 7) is 1.24. The van der Waals surface area contributed by atoms with Crippen molar-refractivity contribution in [2.75, 3.05) is 27.4 Å². The molecule has 1 aromatic heterocycles. The van der Waals surface area contributed by atoms with E-state index in [0.717, 1.165) is 12.1 Å². The van der Waals surface area contributed by atoms with Gasteiger partial charge in [0.25, 0.3) is 5.91 Å². The van der Waals surface area contributed by atoms with E-state index in [1.54, 1.807) is 31.2 Å². The minimum Gasteiger partial charge on any atom is -0.459 e. The van der Waals surface area contributed by atoms with Crippen LogP contribution in [-0.2, 0) is 15.8 Å². The third-order valence-corrected chi connectivity index (χ3v) is 5.39. The Morgan fingerprint density at radius 2 is 1.91 bits per heavy atom. The maximum Gasteiger partial charge on any atom is 0.418 e. The first-order valence-corrected chi connectivity index (χ1v) is 10.6. The fraction of sp³-hybridized carbons (Fsp3) is 0.208. The number of amides is 3. The van der Waals surface area contributed by atoms with Gasteiger partial charge < -0.3 is 25.3 Å². The zero-order chi connectivity index (χ0) is 25.2. The second kappa shape index (κ2) is 9.53. The number of halogens is 3. The average Bonchev–Trinajstić information content (AvgIpc) is 3.30. The Balaban J connectivity index is 1.54. The first-order chi connectivity index (χ1) is 16.6. The molecule has 1 aliphatic rings. The van der Waals surface area contributed by atoms with Gasteiger partial charge in [0.1, 0.15) is 0 Å². The Bertz CT molecular complexity index is 1260. The van der Waals surface area contributed by atoms with Crippen molar-refractivity contribution in [3.63, 3.8) is 0 Å². The largest absolute Gasteiger partial charge is 0.459 e. The van der Waals surface area contributed by atoms with E-state index in [4.69, 9.17) is 4.42 Å². The third-order valence-electron chi connectivity index (χ3n) is 5.39. The van der Waals surface area contributed by atoms with Crippen molar-refractivity contribution in [2.45, 2.75) is 25.6 Å². The molecule has 2 heterocycles. The van der Waals surface area contributed by atoms with Crippen LogP contribution in [0.15, 0.2) is 65.3 Å². The van der Waals surface area contributed by atoms with Gasteiger partial charge in [-0.2, -0.15) is 13.2 Å². The van der Waals surface area contributed by atoms with Crippen molar-refractivity contribution in [2.24, 2.45) is 0 Å². The number of carbonyl (C=O) groups is 3. The first-order valence-electron chi connectivity index (χ1n) is 10.6. The molecule has 3 aromatic rings. The van der Waals surface area contributed by atoms with Crippen LogP contribution in [-0.4, -0.2) is 30.3 Å². The molecule has 35 heavy (non-hydrogen) atoms. The molecule has 0 bridgehead atoms. The van der Waals surface area contributed by atoms with Gasteiger partial charge in [0, 0.05) is 23.8 Å². The molecule has 11 heteroatoms. The van der Waals surface area contributed by atoms with Gasteiger partial charge in [0.15, 0.2) is 5.76 Å². The SMILES string of the molecule is CC1CC(=O)Nc2ccccc2N1C(=O)CNc1ccc(NC(=O)c2ccco2)cc1C(F)(F)F. The van der Waals surface area contributed by atoms with Gasteiger partial charge in [0.2, 0.25) is 11.8 Å². The van der Waals surface area contributed by atoms with Gasteiger partial charge in [-0.05, 0) is 49.4 Å². The molecule has 1 unspecified atom stereocenters. The van der Waals surface area contributed by atoms with Gasteiger partial charge >= 0.3 is 6.18 Å². The van der Waals surface area contributed by atoms with E-state index in [0.29, 0.717) is 11.4 Å². The molecule has 1 atom stereocenters. The molecule has 8 nitrogen and oxygen atoms in total. The zero-order valence-electron chi connectivity index (χ0n) is 18.5. The molecule has 0 aliphatic carbocycles. The normalized spacial score (nSPS) is 15.6. The van der Waals surface area contributed by atoms with Crippen LogP contribution in [0.1, 0.15) is 29.5 Å². The van der Waals surface area contributed by atoms with Gasteiger partial charge in [-0.15, -0.1) is 0 Å². The summed E-state index contributed by atoms with van der Waals surface area (Å²) < 4.78 is 46.2. The lowest BCUT2D eigenvalue weighted by Crippen LogP contribution is -2.42. The third kappa shape index (κ3) is 5.29. The molecule has 3 amide bonds. The zero-order valence-corrected chi connectivity index (χ0v) is 18.5. The Labute approximate surface area is 198 Å². The van der Waals surface area contributed by atoms with E-state index in [2.05, 4.69) is 16.0 Å². The molecule has 2 aromatic carbocycles. The second-order valence-electron chi connectivity index (χ2n) is 7.93. The Hall–Kier alpha value is -4.28. The number of nitrogens with one attached hydrogen (secondary N) is 3. The van der Waals surface area contributed by atoms with Crippen molar-refractivity contribution in [1.82, 2.24) is 0 Å². The monoisotopic (exact) mass is 486 g/mol. The van der Waals surface area contributed by atoms with E-state index in [1.807, 2.05) is 0 Å². The summed E-state index contributed by atoms with van der Waals surface area (Å²) in [5.74, 6) is -1.52. The first kappa shape index (κ1) is 23.9. The number of nitrogens with zero attached hydrogens (tertiary/aromatic N) is 1. The molecule has 0 saturated carbocycles. The van der Waals surface area contributed by atoms with Crippen LogP contribution in [0.3, 0.4) is 0 Å². The van der Waals surface area contributed by atoms with Gasteiger partial charge in [-0.1, -0.05) is 12.1 Å². The molecule has 182 valence electrons. The van der Waals surface area contributed by atoms with Crippen molar-refractivity contribution >= 4 is 40.5 Å². The average molecular weight is 486 g/mol. The Kier molecular flexibility index (Phi) is 6.50. The number of para-hydroxylation sites is 2. The Morgan fingerprint density at radius 1 is 1.14 bits per heavy atom. The topological polar surface area (TPSA) is 104 Å². The highest BCUT2D eigenvalue weighted by Crippen LogP contribution is 2.37. The number of carbonyl (C=O) groups excluding carboxylic acids is 3. The predicted molar refractivity (Wildman–Crippen MR) is 123 cm³/mol. The Morgan fingerprint density at radius 3 is 2.63 bits per heavy atom. The van der Waals surface area contributed by atoms with E-state index in [1.165, 1.54) is 29.4 Å². The summed E-state index contributed by atoms with van der Waals surface area (Å²) in [5, 5.41) is 7.64. The van der Waals surface area contributed by atoms with Crippen LogP contribution < -0.4 is 20.9 Å².